The average molecular weight is 327 g/mol. The lowest BCUT2D eigenvalue weighted by molar-refractivity contribution is -0.141. The molecule has 2 saturated carbocycles. The number of allylic oxidation sites excluding steroid dienone is 2. The Kier molecular flexibility index (Phi) is 2.54. The van der Waals surface area contributed by atoms with E-state index in [2.05, 4.69) is 17.3 Å². The summed E-state index contributed by atoms with van der Waals surface area (Å²) >= 11 is 6.09. The third-order valence-corrected chi connectivity index (χ3v) is 6.39. The van der Waals surface area contributed by atoms with Crippen LogP contribution in [-0.2, 0) is 9.59 Å². The molecule has 4 nitrogen and oxygen atoms in total. The molecule has 0 unspecified atom stereocenters. The zero-order chi connectivity index (χ0) is 15.8. The van der Waals surface area contributed by atoms with Crippen molar-refractivity contribution in [2.45, 2.75) is 12.8 Å². The fraction of sp³-hybridized carbons (Fsp3) is 0.389. The number of hydrogen-bond acceptors (Lipinski definition) is 3. The number of nitrogens with zero attached hydrogens (tertiary/aromatic N) is 2. The predicted octanol–water partition coefficient (Wildman–Crippen LogP) is 2.87. The van der Waals surface area contributed by atoms with Crippen LogP contribution in [0.3, 0.4) is 0 Å². The maximum absolute atomic E-state index is 12.7. The summed E-state index contributed by atoms with van der Waals surface area (Å²) in [6.45, 7) is 0. The zero-order valence-electron chi connectivity index (χ0n) is 12.4. The number of halogens is 1. The molecule has 1 spiro atoms. The molecule has 2 amide bonds. The summed E-state index contributed by atoms with van der Waals surface area (Å²) in [7, 11) is 0. The van der Waals surface area contributed by atoms with Gasteiger partial charge in [0.2, 0.25) is 0 Å². The number of imide groups is 1. The molecular weight excluding hydrogens is 312 g/mol. The largest absolute Gasteiger partial charge is 0.272 e. The van der Waals surface area contributed by atoms with Gasteiger partial charge in [0.15, 0.2) is 0 Å². The smallest absolute Gasteiger partial charge is 0.254 e. The molecule has 3 fully saturated rings. The minimum atomic E-state index is -0.205. The van der Waals surface area contributed by atoms with Crippen LogP contribution < -0.4 is 0 Å². The normalized spacial score (nSPS) is 35.8. The third kappa shape index (κ3) is 1.59. The van der Waals surface area contributed by atoms with Gasteiger partial charge in [0.1, 0.15) is 0 Å². The summed E-state index contributed by atoms with van der Waals surface area (Å²) in [6.07, 6.45) is 8.11. The van der Waals surface area contributed by atoms with E-state index in [9.17, 15) is 9.59 Å². The second-order valence-electron chi connectivity index (χ2n) is 6.98. The van der Waals surface area contributed by atoms with Crippen LogP contribution in [0.5, 0.6) is 0 Å². The fourth-order valence-corrected chi connectivity index (χ4v) is 5.06. The SMILES string of the molecule is O=C1[C@@H]2[C@@H](C(=O)N1/N=C\c1ccccc1Cl)[C@@H]1C=C[C@@H]2C12CC2. The Balaban J connectivity index is 1.46. The summed E-state index contributed by atoms with van der Waals surface area (Å²) in [5.41, 5.74) is 0.922. The molecule has 1 aliphatic heterocycles. The molecule has 1 aromatic rings. The molecule has 0 aromatic heterocycles. The standard InChI is InChI=1S/C18H15ClN2O2/c19-13-4-2-1-3-10(13)9-20-21-16(22)14-11-5-6-12(15(14)17(21)23)18(11)7-8-18/h1-6,9,11-12,14-15H,7-8H2/b20-9-/t11-,12-,14-,15-/m0/s1. The van der Waals surface area contributed by atoms with Gasteiger partial charge in [-0.1, -0.05) is 42.0 Å². The minimum absolute atomic E-state index is 0.147. The van der Waals surface area contributed by atoms with Gasteiger partial charge >= 0.3 is 0 Å². The summed E-state index contributed by atoms with van der Waals surface area (Å²) in [5.74, 6) is -0.242. The van der Waals surface area contributed by atoms with Gasteiger partial charge in [0.25, 0.3) is 11.8 Å². The fourth-order valence-electron chi connectivity index (χ4n) is 4.88. The zero-order valence-corrected chi connectivity index (χ0v) is 13.1. The van der Waals surface area contributed by atoms with Crippen LogP contribution in [0.1, 0.15) is 18.4 Å². The van der Waals surface area contributed by atoms with Crippen LogP contribution in [0, 0.1) is 29.1 Å². The lowest BCUT2D eigenvalue weighted by atomic mass is 9.85. The highest BCUT2D eigenvalue weighted by Gasteiger charge is 2.73. The van der Waals surface area contributed by atoms with Gasteiger partial charge in [-0.2, -0.15) is 10.1 Å². The predicted molar refractivity (Wildman–Crippen MR) is 85.7 cm³/mol. The van der Waals surface area contributed by atoms with E-state index < -0.39 is 0 Å². The molecule has 4 aliphatic rings. The molecule has 1 aromatic carbocycles. The van der Waals surface area contributed by atoms with Crippen molar-refractivity contribution in [3.8, 4) is 0 Å². The Bertz CT molecular complexity index is 762. The van der Waals surface area contributed by atoms with Crippen molar-refractivity contribution in [2.24, 2.45) is 34.2 Å². The van der Waals surface area contributed by atoms with Gasteiger partial charge in [0, 0.05) is 10.6 Å². The number of fused-ring (bicyclic) bond motifs is 3. The van der Waals surface area contributed by atoms with Crippen molar-refractivity contribution in [2.75, 3.05) is 0 Å². The van der Waals surface area contributed by atoms with E-state index in [4.69, 9.17) is 11.6 Å². The molecule has 2 bridgehead atoms. The quantitative estimate of drug-likeness (QED) is 0.476. The summed E-state index contributed by atoms with van der Waals surface area (Å²) in [6, 6.07) is 7.24. The Labute approximate surface area is 138 Å². The first-order valence-electron chi connectivity index (χ1n) is 7.98. The first-order valence-corrected chi connectivity index (χ1v) is 8.36. The minimum Gasteiger partial charge on any atom is -0.272 e. The van der Waals surface area contributed by atoms with Gasteiger partial charge < -0.3 is 0 Å². The summed E-state index contributed by atoms with van der Waals surface area (Å²) in [4.78, 5) is 25.5. The molecule has 5 rings (SSSR count). The van der Waals surface area contributed by atoms with Gasteiger partial charge in [-0.15, -0.1) is 0 Å². The molecule has 5 heteroatoms. The van der Waals surface area contributed by atoms with Crippen LogP contribution in [-0.4, -0.2) is 23.0 Å². The van der Waals surface area contributed by atoms with Crippen molar-refractivity contribution in [3.05, 3.63) is 47.0 Å². The number of rotatable bonds is 2. The number of benzene rings is 1. The number of carbonyl (C=O) groups is 2. The monoisotopic (exact) mass is 326 g/mol. The van der Waals surface area contributed by atoms with E-state index in [0.717, 1.165) is 17.9 Å². The van der Waals surface area contributed by atoms with E-state index in [1.165, 1.54) is 6.21 Å². The van der Waals surface area contributed by atoms with Gasteiger partial charge in [-0.25, -0.2) is 0 Å². The first kappa shape index (κ1) is 13.5. The van der Waals surface area contributed by atoms with Crippen LogP contribution in [0.2, 0.25) is 5.02 Å². The Morgan fingerprint density at radius 1 is 1.09 bits per heavy atom. The van der Waals surface area contributed by atoms with E-state index in [1.54, 1.807) is 6.07 Å². The van der Waals surface area contributed by atoms with Crippen molar-refractivity contribution >= 4 is 29.6 Å². The van der Waals surface area contributed by atoms with Gasteiger partial charge in [-0.3, -0.25) is 9.59 Å². The number of hydrogen-bond donors (Lipinski definition) is 0. The molecule has 3 aliphatic carbocycles. The lowest BCUT2D eigenvalue weighted by Gasteiger charge is -2.18. The first-order chi connectivity index (χ1) is 11.1. The highest BCUT2D eigenvalue weighted by atomic mass is 35.5. The number of carbonyl (C=O) groups excluding carboxylic acids is 2. The van der Waals surface area contributed by atoms with Crippen LogP contribution in [0.4, 0.5) is 0 Å². The Hall–Kier alpha value is -1.94. The van der Waals surface area contributed by atoms with Crippen LogP contribution in [0.15, 0.2) is 41.5 Å². The molecule has 0 N–H and O–H groups in total. The Morgan fingerprint density at radius 2 is 1.70 bits per heavy atom. The van der Waals surface area contributed by atoms with E-state index in [-0.39, 0.29) is 40.9 Å². The summed E-state index contributed by atoms with van der Waals surface area (Å²) in [5, 5.41) is 5.78. The lowest BCUT2D eigenvalue weighted by Crippen LogP contribution is -2.30. The third-order valence-electron chi connectivity index (χ3n) is 6.05. The number of amides is 2. The molecule has 0 radical (unpaired) electrons. The maximum atomic E-state index is 12.7. The molecule has 23 heavy (non-hydrogen) atoms. The molecule has 1 heterocycles. The summed E-state index contributed by atoms with van der Waals surface area (Å²) < 4.78 is 0. The molecule has 116 valence electrons. The van der Waals surface area contributed by atoms with Crippen molar-refractivity contribution in [3.63, 3.8) is 0 Å². The highest BCUT2D eigenvalue weighted by Crippen LogP contribution is 2.73. The van der Waals surface area contributed by atoms with E-state index >= 15 is 0 Å². The van der Waals surface area contributed by atoms with Gasteiger partial charge in [0.05, 0.1) is 18.1 Å². The van der Waals surface area contributed by atoms with E-state index in [1.807, 2.05) is 18.2 Å². The average Bonchev–Trinajstić information content (AvgIpc) is 3.15. The molecule has 1 saturated heterocycles. The topological polar surface area (TPSA) is 49.7 Å². The molecular formula is C18H15ClN2O2. The maximum Gasteiger partial charge on any atom is 0.254 e. The van der Waals surface area contributed by atoms with Crippen LogP contribution in [0.25, 0.3) is 0 Å². The van der Waals surface area contributed by atoms with Crippen molar-refractivity contribution in [1.82, 2.24) is 5.01 Å². The number of hydrazone groups is 1. The van der Waals surface area contributed by atoms with Crippen molar-refractivity contribution in [1.29, 1.82) is 0 Å². The second kappa shape index (κ2) is 4.32. The Morgan fingerprint density at radius 3 is 2.26 bits per heavy atom. The van der Waals surface area contributed by atoms with E-state index in [0.29, 0.717) is 10.6 Å². The second-order valence-corrected chi connectivity index (χ2v) is 7.38. The molecule has 4 atom stereocenters. The van der Waals surface area contributed by atoms with Crippen LogP contribution >= 0.6 is 11.6 Å². The van der Waals surface area contributed by atoms with Gasteiger partial charge in [-0.05, 0) is 36.2 Å². The highest BCUT2D eigenvalue weighted by molar-refractivity contribution is 6.33. The van der Waals surface area contributed by atoms with Crippen molar-refractivity contribution < 1.29 is 9.59 Å².